The number of amides is 1. The van der Waals surface area contributed by atoms with Crippen molar-refractivity contribution in [3.63, 3.8) is 0 Å². The van der Waals surface area contributed by atoms with E-state index in [-0.39, 0.29) is 23.0 Å². The van der Waals surface area contributed by atoms with Crippen LogP contribution in [-0.4, -0.2) is 43.6 Å². The van der Waals surface area contributed by atoms with E-state index in [0.717, 1.165) is 10.9 Å². The first-order valence-electron chi connectivity index (χ1n) is 9.03. The second-order valence-corrected chi connectivity index (χ2v) is 6.93. The molecule has 1 aromatic carbocycles. The number of nitrogens with zero attached hydrogens (tertiary/aromatic N) is 5. The molecule has 0 spiro atoms. The molecule has 8 nitrogen and oxygen atoms in total. The van der Waals surface area contributed by atoms with Crippen molar-refractivity contribution in [2.45, 2.75) is 6.18 Å². The highest BCUT2D eigenvalue weighted by molar-refractivity contribution is 6.31. The van der Waals surface area contributed by atoms with Crippen LogP contribution in [-0.2, 0) is 0 Å². The van der Waals surface area contributed by atoms with Crippen LogP contribution in [0.1, 0.15) is 10.4 Å². The number of carbonyl (C=O) groups is 1. The van der Waals surface area contributed by atoms with E-state index >= 15 is 0 Å². The van der Waals surface area contributed by atoms with Gasteiger partial charge in [-0.3, -0.25) is 4.79 Å². The van der Waals surface area contributed by atoms with E-state index in [1.807, 2.05) is 0 Å². The molecule has 4 aromatic rings. The minimum atomic E-state index is -4.53. The lowest BCUT2D eigenvalue weighted by Crippen LogP contribution is -2.12. The summed E-state index contributed by atoms with van der Waals surface area (Å²) in [5.74, 6) is -0.162. The van der Waals surface area contributed by atoms with E-state index in [0.29, 0.717) is 21.9 Å². The largest absolute Gasteiger partial charge is 0.496 e. The lowest BCUT2D eigenvalue weighted by Gasteiger charge is -2.09. The van der Waals surface area contributed by atoms with E-state index < -0.39 is 12.1 Å². The molecule has 0 saturated heterocycles. The van der Waals surface area contributed by atoms with Crippen LogP contribution in [0.2, 0.25) is 5.02 Å². The molecule has 0 aliphatic heterocycles. The number of fused-ring (bicyclic) bond motifs is 1. The molecule has 0 aliphatic carbocycles. The highest BCUT2D eigenvalue weighted by Crippen LogP contribution is 2.36. The zero-order valence-corrected chi connectivity index (χ0v) is 17.1. The predicted molar refractivity (Wildman–Crippen MR) is 112 cm³/mol. The van der Waals surface area contributed by atoms with Crippen molar-refractivity contribution in [1.29, 1.82) is 0 Å². The normalized spacial score (nSPS) is 11.9. The number of carbonyl (C=O) groups excluding carboxylic acids is 1. The summed E-state index contributed by atoms with van der Waals surface area (Å²) in [5.41, 5.74) is 1.45. The van der Waals surface area contributed by atoms with E-state index in [9.17, 15) is 18.0 Å². The van der Waals surface area contributed by atoms with Crippen molar-refractivity contribution >= 4 is 34.9 Å². The molecule has 3 heterocycles. The third kappa shape index (κ3) is 4.42. The van der Waals surface area contributed by atoms with Crippen molar-refractivity contribution in [3.8, 4) is 17.0 Å². The maximum atomic E-state index is 12.9. The van der Waals surface area contributed by atoms with Gasteiger partial charge in [0.2, 0.25) is 0 Å². The van der Waals surface area contributed by atoms with Gasteiger partial charge >= 0.3 is 6.18 Å². The van der Waals surface area contributed by atoms with E-state index in [1.165, 1.54) is 42.6 Å². The molecular weight excluding hydrogens is 449 g/mol. The SMILES string of the molecule is COc1ccc(Cl)cc1-c1nn(C=CC(F)(F)F)cc1NC(=O)c1cnn2cnccc12. The lowest BCUT2D eigenvalue weighted by atomic mass is 10.1. The Morgan fingerprint density at radius 3 is 2.84 bits per heavy atom. The number of allylic oxidation sites excluding steroid dienone is 1. The smallest absolute Gasteiger partial charge is 0.411 e. The van der Waals surface area contributed by atoms with Crippen molar-refractivity contribution < 1.29 is 22.7 Å². The molecule has 0 saturated carbocycles. The number of hydrogen-bond acceptors (Lipinski definition) is 5. The minimum Gasteiger partial charge on any atom is -0.496 e. The van der Waals surface area contributed by atoms with Gasteiger partial charge < -0.3 is 10.1 Å². The van der Waals surface area contributed by atoms with Crippen molar-refractivity contribution in [3.05, 3.63) is 65.8 Å². The standard InChI is InChI=1S/C20H14ClF3N6O2/c1-32-17-3-2-12(21)8-13(17)18-15(10-29(28-18)7-5-20(22,23)24)27-19(31)14-9-26-30-11-25-6-4-16(14)30/h2-11H,1H3,(H,27,31). The Morgan fingerprint density at radius 2 is 2.09 bits per heavy atom. The van der Waals surface area contributed by atoms with Crippen LogP contribution in [0.5, 0.6) is 5.75 Å². The number of rotatable bonds is 5. The number of hydrogen-bond donors (Lipinski definition) is 1. The highest BCUT2D eigenvalue weighted by Gasteiger charge is 2.23. The van der Waals surface area contributed by atoms with Crippen LogP contribution in [0.4, 0.5) is 18.9 Å². The Hall–Kier alpha value is -3.86. The topological polar surface area (TPSA) is 86.3 Å². The summed E-state index contributed by atoms with van der Waals surface area (Å²) in [6, 6.07) is 6.33. The zero-order chi connectivity index (χ0) is 22.9. The van der Waals surface area contributed by atoms with Gasteiger partial charge in [-0.25, -0.2) is 14.2 Å². The molecule has 32 heavy (non-hydrogen) atoms. The first-order chi connectivity index (χ1) is 15.2. The van der Waals surface area contributed by atoms with Crippen LogP contribution in [0.3, 0.4) is 0 Å². The van der Waals surface area contributed by atoms with Crippen molar-refractivity contribution in [2.24, 2.45) is 0 Å². The van der Waals surface area contributed by atoms with Gasteiger partial charge in [0.25, 0.3) is 5.91 Å². The van der Waals surface area contributed by atoms with Gasteiger partial charge in [0.15, 0.2) is 0 Å². The summed E-state index contributed by atoms with van der Waals surface area (Å²) in [4.78, 5) is 16.9. The lowest BCUT2D eigenvalue weighted by molar-refractivity contribution is -0.0792. The van der Waals surface area contributed by atoms with Gasteiger partial charge in [0, 0.05) is 29.1 Å². The highest BCUT2D eigenvalue weighted by atomic mass is 35.5. The predicted octanol–water partition coefficient (Wildman–Crippen LogP) is 4.54. The Balaban J connectivity index is 1.78. The number of anilines is 1. The van der Waals surface area contributed by atoms with Crippen molar-refractivity contribution in [2.75, 3.05) is 12.4 Å². The van der Waals surface area contributed by atoms with Crippen LogP contribution in [0, 0.1) is 0 Å². The number of benzene rings is 1. The summed E-state index contributed by atoms with van der Waals surface area (Å²) >= 11 is 6.10. The number of nitrogens with one attached hydrogen (secondary N) is 1. The number of aromatic nitrogens is 5. The molecule has 0 unspecified atom stereocenters. The molecule has 0 aliphatic rings. The quantitative estimate of drug-likeness (QED) is 0.470. The van der Waals surface area contributed by atoms with Crippen LogP contribution in [0.25, 0.3) is 23.0 Å². The fourth-order valence-corrected chi connectivity index (χ4v) is 3.17. The monoisotopic (exact) mass is 462 g/mol. The molecule has 0 bridgehead atoms. The molecule has 4 rings (SSSR count). The first-order valence-corrected chi connectivity index (χ1v) is 9.41. The molecule has 1 N–H and O–H groups in total. The Bertz CT molecular complexity index is 1330. The third-order valence-electron chi connectivity index (χ3n) is 4.39. The molecule has 3 aromatic heterocycles. The number of ether oxygens (including phenoxy) is 1. The molecule has 0 radical (unpaired) electrons. The van der Waals surface area contributed by atoms with Gasteiger partial charge in [-0.05, 0) is 24.3 Å². The van der Waals surface area contributed by atoms with Gasteiger partial charge in [-0.15, -0.1) is 0 Å². The summed E-state index contributed by atoms with van der Waals surface area (Å²) in [6.07, 6.45) is 1.79. The van der Waals surface area contributed by atoms with Gasteiger partial charge in [0.05, 0.1) is 36.3 Å². The van der Waals surface area contributed by atoms with Gasteiger partial charge in [0.1, 0.15) is 17.8 Å². The summed E-state index contributed by atoms with van der Waals surface area (Å²) in [6.45, 7) is 0. The molecule has 0 fully saturated rings. The van der Waals surface area contributed by atoms with Crippen LogP contribution in [0.15, 0.2) is 55.3 Å². The number of alkyl halides is 3. The molecule has 1 amide bonds. The average Bonchev–Trinajstić information content (AvgIpc) is 3.36. The fraction of sp³-hybridized carbons (Fsp3) is 0.100. The number of methoxy groups -OCH3 is 1. The van der Waals surface area contributed by atoms with Gasteiger partial charge in [-0.2, -0.15) is 23.4 Å². The van der Waals surface area contributed by atoms with Crippen LogP contribution >= 0.6 is 11.6 Å². The maximum absolute atomic E-state index is 12.9. The van der Waals surface area contributed by atoms with Crippen molar-refractivity contribution in [1.82, 2.24) is 24.4 Å². The molecule has 12 heteroatoms. The Kier molecular flexibility index (Phi) is 5.57. The third-order valence-corrected chi connectivity index (χ3v) is 4.62. The summed E-state index contributed by atoms with van der Waals surface area (Å²) in [7, 11) is 1.43. The average molecular weight is 463 g/mol. The summed E-state index contributed by atoms with van der Waals surface area (Å²) < 4.78 is 45.6. The van der Waals surface area contributed by atoms with Crippen LogP contribution < -0.4 is 10.1 Å². The zero-order valence-electron chi connectivity index (χ0n) is 16.3. The van der Waals surface area contributed by atoms with E-state index in [4.69, 9.17) is 16.3 Å². The number of halogens is 4. The first kappa shape index (κ1) is 21.4. The second kappa shape index (κ2) is 8.35. The molecular formula is C20H14ClF3N6O2. The van der Waals surface area contributed by atoms with Gasteiger partial charge in [-0.1, -0.05) is 11.6 Å². The Labute approximate surface area is 183 Å². The van der Waals surface area contributed by atoms with E-state index in [2.05, 4.69) is 20.5 Å². The van der Waals surface area contributed by atoms with E-state index in [1.54, 1.807) is 18.2 Å². The minimum absolute atomic E-state index is 0.0306. The second-order valence-electron chi connectivity index (χ2n) is 6.50. The molecule has 0 atom stereocenters. The molecule has 164 valence electrons. The fourth-order valence-electron chi connectivity index (χ4n) is 2.99. The summed E-state index contributed by atoms with van der Waals surface area (Å²) in [5, 5.41) is 11.3. The maximum Gasteiger partial charge on any atom is 0.411 e. The Morgan fingerprint density at radius 1 is 1.28 bits per heavy atom.